The van der Waals surface area contributed by atoms with Gasteiger partial charge in [0, 0.05) is 19.9 Å². The van der Waals surface area contributed by atoms with Crippen LogP contribution in [0.4, 0.5) is 0 Å². The van der Waals surface area contributed by atoms with Gasteiger partial charge < -0.3 is 14.2 Å². The molecule has 0 amide bonds. The van der Waals surface area contributed by atoms with Crippen molar-refractivity contribution in [2.45, 2.75) is 13.8 Å². The van der Waals surface area contributed by atoms with Crippen molar-refractivity contribution in [3.63, 3.8) is 0 Å². The van der Waals surface area contributed by atoms with Crippen LogP contribution in [-0.4, -0.2) is 17.9 Å². The molecule has 0 saturated carbocycles. The molecule has 0 aliphatic carbocycles. The zero-order chi connectivity index (χ0) is 13.7. The first-order valence-corrected chi connectivity index (χ1v) is 4.90. The van der Waals surface area contributed by atoms with Gasteiger partial charge in [-0.05, 0) is 12.1 Å². The molecule has 0 aliphatic heterocycles. The Hall–Kier alpha value is -2.37. The molecule has 0 fully saturated rings. The van der Waals surface area contributed by atoms with Crippen LogP contribution >= 0.6 is 0 Å². The number of carbonyl (C=O) groups excluding carboxylic acids is 3. The Balaban J connectivity index is 3.14. The summed E-state index contributed by atoms with van der Waals surface area (Å²) in [7, 11) is 2.98. The first-order chi connectivity index (χ1) is 8.42. The Kier molecular flexibility index (Phi) is 4.42. The quantitative estimate of drug-likeness (QED) is 0.598. The van der Waals surface area contributed by atoms with E-state index in [-0.39, 0.29) is 17.1 Å². The van der Waals surface area contributed by atoms with Crippen LogP contribution in [0.1, 0.15) is 24.2 Å². The molecule has 0 atom stereocenters. The average molecular weight is 251 g/mol. The van der Waals surface area contributed by atoms with Gasteiger partial charge in [-0.25, -0.2) is 4.79 Å². The number of rotatable bonds is 3. The third-order valence-electron chi connectivity index (χ3n) is 1.77. The maximum atomic E-state index is 11.3. The third kappa shape index (κ3) is 3.89. The number of esters is 3. The van der Waals surface area contributed by atoms with Crippen molar-refractivity contribution in [2.75, 3.05) is 0 Å². The summed E-state index contributed by atoms with van der Waals surface area (Å²) in [6.45, 7) is 2.41. The van der Waals surface area contributed by atoms with Gasteiger partial charge in [0.15, 0.2) is 0 Å². The Bertz CT molecular complexity index is 457. The second-order valence-corrected chi connectivity index (χ2v) is 3.31. The largest absolute Gasteiger partial charge is 0.458 e. The van der Waals surface area contributed by atoms with Gasteiger partial charge in [0.2, 0.25) is 0 Å². The predicted molar refractivity (Wildman–Crippen MR) is 59.8 cm³/mol. The molecule has 0 aliphatic rings. The minimum atomic E-state index is -0.739. The predicted octanol–water partition coefficient (Wildman–Crippen LogP) is 1.49. The van der Waals surface area contributed by atoms with Crippen LogP contribution in [0.25, 0.3) is 0 Å². The molecule has 1 aromatic carbocycles. The lowest BCUT2D eigenvalue weighted by atomic mass is 10.2. The lowest BCUT2D eigenvalue weighted by molar-refractivity contribution is -0.132. The van der Waals surface area contributed by atoms with Crippen molar-refractivity contribution < 1.29 is 28.6 Å². The van der Waals surface area contributed by atoms with Crippen molar-refractivity contribution in [1.82, 2.24) is 0 Å². The molecule has 0 spiro atoms. The van der Waals surface area contributed by atoms with E-state index in [0.717, 1.165) is 0 Å². The maximum absolute atomic E-state index is 11.3. The van der Waals surface area contributed by atoms with Crippen LogP contribution in [-0.2, 0) is 14.3 Å². The lowest BCUT2D eigenvalue weighted by Crippen LogP contribution is -2.07. The lowest BCUT2D eigenvalue weighted by Gasteiger charge is -2.07. The molecule has 18 heavy (non-hydrogen) atoms. The number of hydrogen-bond acceptors (Lipinski definition) is 6. The van der Waals surface area contributed by atoms with Gasteiger partial charge >= 0.3 is 17.9 Å². The molecule has 0 heterocycles. The molecular weight excluding hydrogens is 240 g/mol. The molecule has 1 rings (SSSR count). The van der Waals surface area contributed by atoms with E-state index in [4.69, 9.17) is 9.47 Å². The fourth-order valence-corrected chi connectivity index (χ4v) is 1.22. The number of carbonyl (C=O) groups is 3. The minimum Gasteiger partial charge on any atom is -0.458 e. The second kappa shape index (κ2) is 5.81. The van der Waals surface area contributed by atoms with Crippen LogP contribution in [0.15, 0.2) is 18.2 Å². The van der Waals surface area contributed by atoms with Crippen molar-refractivity contribution >= 4 is 17.9 Å². The van der Waals surface area contributed by atoms with E-state index < -0.39 is 17.9 Å². The van der Waals surface area contributed by atoms with Crippen molar-refractivity contribution in [3.05, 3.63) is 30.9 Å². The molecule has 0 bridgehead atoms. The monoisotopic (exact) mass is 251 g/mol. The Labute approximate surface area is 103 Å². The summed E-state index contributed by atoms with van der Waals surface area (Å²) < 4.78 is 13.9. The van der Waals surface area contributed by atoms with E-state index in [0.29, 0.717) is 0 Å². The Morgan fingerprint density at radius 3 is 1.72 bits per heavy atom. The zero-order valence-corrected chi connectivity index (χ0v) is 9.89. The number of hydrogen-bond donors (Lipinski definition) is 0. The molecule has 0 aromatic heterocycles. The summed E-state index contributed by atoms with van der Waals surface area (Å²) in [5.74, 6) is -1.73. The highest BCUT2D eigenvalue weighted by Crippen LogP contribution is 2.24. The van der Waals surface area contributed by atoms with Gasteiger partial charge in [-0.1, -0.05) is 0 Å². The molecule has 6 nitrogen and oxygen atoms in total. The fourth-order valence-electron chi connectivity index (χ4n) is 1.22. The molecule has 0 saturated heterocycles. The topological polar surface area (TPSA) is 78.9 Å². The second-order valence-electron chi connectivity index (χ2n) is 3.31. The summed E-state index contributed by atoms with van der Waals surface area (Å²) in [6, 6.07) is 3.87. The van der Waals surface area contributed by atoms with Crippen LogP contribution in [0.3, 0.4) is 0 Å². The Morgan fingerprint density at radius 2 is 1.39 bits per heavy atom. The van der Waals surface area contributed by atoms with Crippen molar-refractivity contribution in [2.24, 2.45) is 0 Å². The van der Waals surface area contributed by atoms with E-state index >= 15 is 0 Å². The fraction of sp³-hybridized carbons (Fsp3) is 0.167. The highest BCUT2D eigenvalue weighted by Gasteiger charge is 2.12. The zero-order valence-electron chi connectivity index (χ0n) is 9.89. The van der Waals surface area contributed by atoms with Crippen LogP contribution in [0.5, 0.6) is 11.5 Å². The standard InChI is InChI=1S/C12H11O6/c1-7(13)17-10-4-9(12(15)16-3)5-11(6-10)18-8(2)14/h4-6H,3H2,1-2H3. The summed E-state index contributed by atoms with van der Waals surface area (Å²) in [5.41, 5.74) is 0.0556. The molecule has 1 radical (unpaired) electrons. The van der Waals surface area contributed by atoms with Crippen molar-refractivity contribution in [1.29, 1.82) is 0 Å². The van der Waals surface area contributed by atoms with Crippen molar-refractivity contribution in [3.8, 4) is 11.5 Å². The average Bonchev–Trinajstić information content (AvgIpc) is 2.25. The van der Waals surface area contributed by atoms with Gasteiger partial charge in [0.25, 0.3) is 0 Å². The number of benzene rings is 1. The summed E-state index contributed by atoms with van der Waals surface area (Å²) in [5, 5.41) is 0. The first-order valence-electron chi connectivity index (χ1n) is 4.90. The van der Waals surface area contributed by atoms with E-state index in [1.54, 1.807) is 0 Å². The summed E-state index contributed by atoms with van der Waals surface area (Å²) >= 11 is 0. The first kappa shape index (κ1) is 13.7. The van der Waals surface area contributed by atoms with Crippen LogP contribution in [0, 0.1) is 7.11 Å². The van der Waals surface area contributed by atoms with Gasteiger partial charge in [0.05, 0.1) is 5.56 Å². The molecule has 95 valence electrons. The molecule has 0 N–H and O–H groups in total. The summed E-state index contributed by atoms with van der Waals surface area (Å²) in [6.07, 6.45) is 0. The van der Waals surface area contributed by atoms with Gasteiger partial charge in [-0.3, -0.25) is 9.59 Å². The van der Waals surface area contributed by atoms with Gasteiger partial charge in [0.1, 0.15) is 18.6 Å². The highest BCUT2D eigenvalue weighted by molar-refractivity contribution is 5.91. The molecular formula is C12H11O6. The van der Waals surface area contributed by atoms with E-state index in [2.05, 4.69) is 11.8 Å². The van der Waals surface area contributed by atoms with Gasteiger partial charge in [-0.2, -0.15) is 0 Å². The highest BCUT2D eigenvalue weighted by atomic mass is 16.5. The Morgan fingerprint density at radius 1 is 0.944 bits per heavy atom. The van der Waals surface area contributed by atoms with E-state index in [9.17, 15) is 14.4 Å². The van der Waals surface area contributed by atoms with Crippen LogP contribution < -0.4 is 9.47 Å². The molecule has 1 aromatic rings. The minimum absolute atomic E-state index is 0.0556. The molecule has 6 heteroatoms. The normalized spacial score (nSPS) is 9.50. The van der Waals surface area contributed by atoms with E-state index in [1.165, 1.54) is 32.0 Å². The summed E-state index contributed by atoms with van der Waals surface area (Å²) in [4.78, 5) is 33.0. The van der Waals surface area contributed by atoms with E-state index in [1.807, 2.05) is 0 Å². The molecule has 0 unspecified atom stereocenters. The third-order valence-corrected chi connectivity index (χ3v) is 1.77. The maximum Gasteiger partial charge on any atom is 0.338 e. The smallest absolute Gasteiger partial charge is 0.338 e. The number of ether oxygens (including phenoxy) is 3. The SMILES string of the molecule is [CH2]OC(=O)c1cc(OC(C)=O)cc(OC(C)=O)c1. The van der Waals surface area contributed by atoms with Gasteiger partial charge in [-0.15, -0.1) is 0 Å². The van der Waals surface area contributed by atoms with Crippen LogP contribution in [0.2, 0.25) is 0 Å².